The van der Waals surface area contributed by atoms with Gasteiger partial charge in [-0.25, -0.2) is 9.59 Å². The van der Waals surface area contributed by atoms with Gasteiger partial charge >= 0.3 is 11.9 Å². The zero-order valence-corrected chi connectivity index (χ0v) is 20.5. The van der Waals surface area contributed by atoms with E-state index in [1.807, 2.05) is 43.3 Å². The molecule has 2 heterocycles. The van der Waals surface area contributed by atoms with Crippen LogP contribution in [0.5, 0.6) is 0 Å². The van der Waals surface area contributed by atoms with E-state index in [2.05, 4.69) is 4.57 Å². The molecule has 5 rings (SSSR count). The van der Waals surface area contributed by atoms with Crippen molar-refractivity contribution >= 4 is 40.0 Å². The lowest BCUT2D eigenvalue weighted by atomic mass is 9.81. The smallest absolute Gasteiger partial charge is 0.337 e. The molecule has 1 aliphatic carbocycles. The molecule has 1 aromatic heterocycles. The van der Waals surface area contributed by atoms with Crippen molar-refractivity contribution in [1.82, 2.24) is 4.57 Å². The van der Waals surface area contributed by atoms with E-state index in [1.165, 1.54) is 39.0 Å². The average molecular weight is 478 g/mol. The standard InChI is InChI=1S/C28H28ClNO4/c1-16-20-12-10-19(29)14-22(20)26-25(17-7-5-4-6-8-17)21-11-9-18(27(31)33-2)13-24(21)30(26)15-23(16)28(32)34-3/h9-14,17H,4-8,15H2,1-3H3. The van der Waals surface area contributed by atoms with Crippen molar-refractivity contribution in [3.63, 3.8) is 0 Å². The Hall–Kier alpha value is -3.05. The first-order chi connectivity index (χ1) is 16.4. The third kappa shape index (κ3) is 3.63. The molecule has 0 N–H and O–H groups in total. The average Bonchev–Trinajstić information content (AvgIpc) is 3.13. The van der Waals surface area contributed by atoms with Crippen LogP contribution in [0.1, 0.15) is 66.4 Å². The molecule has 34 heavy (non-hydrogen) atoms. The molecule has 0 saturated heterocycles. The van der Waals surface area contributed by atoms with E-state index in [1.54, 1.807) is 0 Å². The lowest BCUT2D eigenvalue weighted by Crippen LogP contribution is -2.13. The Morgan fingerprint density at radius 2 is 1.68 bits per heavy atom. The number of aromatic nitrogens is 1. The van der Waals surface area contributed by atoms with E-state index in [0.29, 0.717) is 28.6 Å². The van der Waals surface area contributed by atoms with Crippen molar-refractivity contribution in [1.29, 1.82) is 0 Å². The Balaban J connectivity index is 1.89. The van der Waals surface area contributed by atoms with Crippen LogP contribution in [0.2, 0.25) is 5.02 Å². The van der Waals surface area contributed by atoms with Crippen LogP contribution in [0.15, 0.2) is 42.0 Å². The van der Waals surface area contributed by atoms with Crippen LogP contribution in [0.3, 0.4) is 0 Å². The van der Waals surface area contributed by atoms with Crippen LogP contribution in [0, 0.1) is 0 Å². The Kier molecular flexibility index (Phi) is 5.98. The van der Waals surface area contributed by atoms with E-state index in [0.717, 1.165) is 46.1 Å². The fraction of sp³-hybridized carbons (Fsp3) is 0.357. The van der Waals surface area contributed by atoms with Gasteiger partial charge in [0.25, 0.3) is 0 Å². The molecule has 1 fully saturated rings. The Morgan fingerprint density at radius 1 is 0.941 bits per heavy atom. The molecule has 1 aliphatic heterocycles. The number of carbonyl (C=O) groups excluding carboxylic acids is 2. The van der Waals surface area contributed by atoms with Crippen LogP contribution in [-0.4, -0.2) is 30.7 Å². The monoisotopic (exact) mass is 477 g/mol. The minimum Gasteiger partial charge on any atom is -0.466 e. The molecule has 0 radical (unpaired) electrons. The van der Waals surface area contributed by atoms with Crippen LogP contribution < -0.4 is 0 Å². The van der Waals surface area contributed by atoms with Crippen molar-refractivity contribution in [2.75, 3.05) is 14.2 Å². The second kappa shape index (κ2) is 8.95. The largest absolute Gasteiger partial charge is 0.466 e. The molecule has 0 spiro atoms. The van der Waals surface area contributed by atoms with Crippen LogP contribution in [0.25, 0.3) is 27.7 Å². The number of allylic oxidation sites excluding steroid dienone is 1. The molecule has 6 heteroatoms. The number of methoxy groups -OCH3 is 2. The number of carbonyl (C=O) groups is 2. The van der Waals surface area contributed by atoms with Gasteiger partial charge in [0.05, 0.1) is 37.6 Å². The maximum absolute atomic E-state index is 12.9. The maximum Gasteiger partial charge on any atom is 0.337 e. The minimum absolute atomic E-state index is 0.351. The molecule has 0 unspecified atom stereocenters. The number of nitrogens with zero attached hydrogens (tertiary/aromatic N) is 1. The highest BCUT2D eigenvalue weighted by molar-refractivity contribution is 6.31. The topological polar surface area (TPSA) is 57.5 Å². The first-order valence-electron chi connectivity index (χ1n) is 11.8. The third-order valence-electron chi connectivity index (χ3n) is 7.38. The van der Waals surface area contributed by atoms with Gasteiger partial charge in [-0.3, -0.25) is 0 Å². The summed E-state index contributed by atoms with van der Waals surface area (Å²) in [4.78, 5) is 25.3. The molecule has 5 nitrogen and oxygen atoms in total. The van der Waals surface area contributed by atoms with E-state index < -0.39 is 0 Å². The van der Waals surface area contributed by atoms with Gasteiger partial charge in [-0.15, -0.1) is 0 Å². The molecule has 176 valence electrons. The van der Waals surface area contributed by atoms with Gasteiger partial charge in [0.15, 0.2) is 0 Å². The van der Waals surface area contributed by atoms with Crippen LogP contribution in [-0.2, 0) is 20.8 Å². The lowest BCUT2D eigenvalue weighted by molar-refractivity contribution is -0.136. The second-order valence-corrected chi connectivity index (χ2v) is 9.63. The van der Waals surface area contributed by atoms with E-state index in [4.69, 9.17) is 21.1 Å². The van der Waals surface area contributed by atoms with Gasteiger partial charge in [0.2, 0.25) is 0 Å². The highest BCUT2D eigenvalue weighted by Crippen LogP contribution is 2.48. The predicted molar refractivity (Wildman–Crippen MR) is 134 cm³/mol. The van der Waals surface area contributed by atoms with Gasteiger partial charge < -0.3 is 14.0 Å². The fourth-order valence-corrected chi connectivity index (χ4v) is 5.87. The first kappa shape index (κ1) is 22.7. The van der Waals surface area contributed by atoms with Gasteiger partial charge in [0, 0.05) is 21.5 Å². The van der Waals surface area contributed by atoms with Crippen molar-refractivity contribution in [3.8, 4) is 11.3 Å². The SMILES string of the molecule is COC(=O)C1=C(C)c2ccc(Cl)cc2-c2c(C3CCCCC3)c3ccc(C(=O)OC)cc3n2C1. The van der Waals surface area contributed by atoms with E-state index in [9.17, 15) is 9.59 Å². The summed E-state index contributed by atoms with van der Waals surface area (Å²) in [6, 6.07) is 11.6. The lowest BCUT2D eigenvalue weighted by Gasteiger charge is -2.24. The Morgan fingerprint density at radius 3 is 2.38 bits per heavy atom. The van der Waals surface area contributed by atoms with Crippen LogP contribution >= 0.6 is 11.6 Å². The molecule has 0 amide bonds. The summed E-state index contributed by atoms with van der Waals surface area (Å²) in [6.07, 6.45) is 5.90. The molecule has 3 aromatic rings. The van der Waals surface area contributed by atoms with E-state index >= 15 is 0 Å². The van der Waals surface area contributed by atoms with Gasteiger partial charge in [-0.2, -0.15) is 0 Å². The number of hydrogen-bond donors (Lipinski definition) is 0. The number of rotatable bonds is 3. The molecular formula is C28H28ClNO4. The Labute approximate surface area is 204 Å². The molecule has 0 bridgehead atoms. The number of esters is 2. The summed E-state index contributed by atoms with van der Waals surface area (Å²) in [5.74, 6) is -0.326. The number of ether oxygens (including phenoxy) is 2. The van der Waals surface area contributed by atoms with Crippen molar-refractivity contribution in [3.05, 3.63) is 63.7 Å². The first-order valence-corrected chi connectivity index (χ1v) is 12.1. The number of benzene rings is 2. The summed E-state index contributed by atoms with van der Waals surface area (Å²) in [7, 11) is 2.80. The molecular weight excluding hydrogens is 450 g/mol. The van der Waals surface area contributed by atoms with Crippen molar-refractivity contribution in [2.24, 2.45) is 0 Å². The zero-order valence-electron chi connectivity index (χ0n) is 19.7. The number of halogens is 1. The molecule has 1 saturated carbocycles. The van der Waals surface area contributed by atoms with Gasteiger partial charge in [0.1, 0.15) is 0 Å². The minimum atomic E-state index is -0.381. The van der Waals surface area contributed by atoms with E-state index in [-0.39, 0.29) is 11.9 Å². The van der Waals surface area contributed by atoms with Crippen molar-refractivity contribution in [2.45, 2.75) is 51.5 Å². The molecule has 2 aromatic carbocycles. The maximum atomic E-state index is 12.9. The third-order valence-corrected chi connectivity index (χ3v) is 7.61. The number of fused-ring (bicyclic) bond motifs is 5. The summed E-state index contributed by atoms with van der Waals surface area (Å²) in [6.45, 7) is 2.32. The van der Waals surface area contributed by atoms with Crippen molar-refractivity contribution < 1.29 is 19.1 Å². The van der Waals surface area contributed by atoms with Gasteiger partial charge in [-0.1, -0.05) is 43.0 Å². The summed E-state index contributed by atoms with van der Waals surface area (Å²) in [5, 5.41) is 1.76. The van der Waals surface area contributed by atoms with Gasteiger partial charge in [-0.05, 0) is 66.6 Å². The molecule has 0 atom stereocenters. The molecule has 2 aliphatic rings. The van der Waals surface area contributed by atoms with Crippen LogP contribution in [0.4, 0.5) is 0 Å². The summed E-state index contributed by atoms with van der Waals surface area (Å²) < 4.78 is 12.3. The quantitative estimate of drug-likeness (QED) is 0.391. The highest BCUT2D eigenvalue weighted by Gasteiger charge is 2.32. The second-order valence-electron chi connectivity index (χ2n) is 9.19. The highest BCUT2D eigenvalue weighted by atomic mass is 35.5. The summed E-state index contributed by atoms with van der Waals surface area (Å²) >= 11 is 6.51. The Bertz CT molecular complexity index is 1340. The summed E-state index contributed by atoms with van der Waals surface area (Å²) in [5.41, 5.74) is 7.25. The fourth-order valence-electron chi connectivity index (χ4n) is 5.70. The zero-order chi connectivity index (χ0) is 24.0. The number of hydrogen-bond acceptors (Lipinski definition) is 4. The normalized spacial score (nSPS) is 16.1. The predicted octanol–water partition coefficient (Wildman–Crippen LogP) is 6.76.